The van der Waals surface area contributed by atoms with Crippen molar-refractivity contribution in [2.24, 2.45) is 11.1 Å². The lowest BCUT2D eigenvalue weighted by atomic mass is 9.85. The van der Waals surface area contributed by atoms with Crippen molar-refractivity contribution in [3.05, 3.63) is 30.1 Å². The highest BCUT2D eigenvalue weighted by molar-refractivity contribution is 5.76. The van der Waals surface area contributed by atoms with Gasteiger partial charge in [0.1, 0.15) is 0 Å². The van der Waals surface area contributed by atoms with E-state index < -0.39 is 0 Å². The molecule has 1 aromatic rings. The number of aromatic nitrogens is 1. The van der Waals surface area contributed by atoms with Crippen molar-refractivity contribution in [3.8, 4) is 0 Å². The largest absolute Gasteiger partial charge is 0.352 e. The van der Waals surface area contributed by atoms with Crippen molar-refractivity contribution in [1.82, 2.24) is 10.3 Å². The van der Waals surface area contributed by atoms with E-state index in [1.54, 1.807) is 12.4 Å². The second kappa shape index (κ2) is 5.77. The van der Waals surface area contributed by atoms with Gasteiger partial charge in [-0.25, -0.2) is 0 Å². The Morgan fingerprint density at radius 3 is 2.76 bits per heavy atom. The smallest absolute Gasteiger partial charge is 0.221 e. The van der Waals surface area contributed by atoms with Gasteiger partial charge in [-0.15, -0.1) is 0 Å². The van der Waals surface area contributed by atoms with Crippen LogP contribution >= 0.6 is 0 Å². The minimum absolute atomic E-state index is 0.0173. The number of carbonyl (C=O) groups is 1. The molecule has 4 heteroatoms. The molecule has 0 bridgehead atoms. The zero-order valence-electron chi connectivity index (χ0n) is 10.7. The average Bonchev–Trinajstić information content (AvgIpc) is 2.26. The minimum Gasteiger partial charge on any atom is -0.352 e. The van der Waals surface area contributed by atoms with Crippen molar-refractivity contribution >= 4 is 5.91 Å². The van der Waals surface area contributed by atoms with Crippen LogP contribution in [0.4, 0.5) is 0 Å². The Kier molecular flexibility index (Phi) is 4.63. The summed E-state index contributed by atoms with van der Waals surface area (Å²) in [4.78, 5) is 15.6. The summed E-state index contributed by atoms with van der Waals surface area (Å²) >= 11 is 0. The molecule has 94 valence electrons. The third-order valence-corrected chi connectivity index (χ3v) is 2.73. The maximum Gasteiger partial charge on any atom is 0.221 e. The number of rotatable bonds is 4. The molecule has 0 aliphatic heterocycles. The van der Waals surface area contributed by atoms with Gasteiger partial charge in [0.2, 0.25) is 5.91 Å². The topological polar surface area (TPSA) is 68.0 Å². The van der Waals surface area contributed by atoms with E-state index in [4.69, 9.17) is 5.73 Å². The second-order valence-electron chi connectivity index (χ2n) is 5.31. The normalized spacial score (nSPS) is 13.2. The van der Waals surface area contributed by atoms with Gasteiger partial charge in [-0.1, -0.05) is 26.8 Å². The lowest BCUT2D eigenvalue weighted by molar-refractivity contribution is -0.122. The summed E-state index contributed by atoms with van der Waals surface area (Å²) in [7, 11) is 0. The maximum absolute atomic E-state index is 11.7. The summed E-state index contributed by atoms with van der Waals surface area (Å²) in [5, 5.41) is 2.84. The number of hydrogen-bond acceptors (Lipinski definition) is 3. The van der Waals surface area contributed by atoms with Gasteiger partial charge >= 0.3 is 0 Å². The van der Waals surface area contributed by atoms with Crippen LogP contribution in [-0.4, -0.2) is 16.9 Å². The molecule has 0 radical (unpaired) electrons. The van der Waals surface area contributed by atoms with Crippen molar-refractivity contribution in [1.29, 1.82) is 0 Å². The van der Waals surface area contributed by atoms with E-state index in [0.29, 0.717) is 13.0 Å². The molecule has 0 aliphatic rings. The Labute approximate surface area is 103 Å². The summed E-state index contributed by atoms with van der Waals surface area (Å²) in [6.07, 6.45) is 3.80. The van der Waals surface area contributed by atoms with Gasteiger partial charge in [0, 0.05) is 31.4 Å². The van der Waals surface area contributed by atoms with Gasteiger partial charge in [0.25, 0.3) is 0 Å². The standard InChI is InChI=1S/C13H21N3O/c1-13(2,3)11(14)7-12(17)16-9-10-5-4-6-15-8-10/h4-6,8,11H,7,9,14H2,1-3H3,(H,16,17). The quantitative estimate of drug-likeness (QED) is 0.830. The van der Waals surface area contributed by atoms with E-state index in [-0.39, 0.29) is 17.4 Å². The van der Waals surface area contributed by atoms with Gasteiger partial charge in [0.15, 0.2) is 0 Å². The van der Waals surface area contributed by atoms with Crippen LogP contribution in [0.25, 0.3) is 0 Å². The zero-order valence-corrected chi connectivity index (χ0v) is 10.7. The molecule has 17 heavy (non-hydrogen) atoms. The van der Waals surface area contributed by atoms with Gasteiger partial charge in [0.05, 0.1) is 0 Å². The fourth-order valence-electron chi connectivity index (χ4n) is 1.28. The number of nitrogens with two attached hydrogens (primary N) is 1. The predicted octanol–water partition coefficient (Wildman–Crippen LogP) is 1.46. The molecule has 0 aromatic carbocycles. The first-order valence-electron chi connectivity index (χ1n) is 5.81. The van der Waals surface area contributed by atoms with Crippen molar-refractivity contribution in [3.63, 3.8) is 0 Å². The van der Waals surface area contributed by atoms with Crippen LogP contribution in [0, 0.1) is 5.41 Å². The van der Waals surface area contributed by atoms with Gasteiger partial charge < -0.3 is 11.1 Å². The van der Waals surface area contributed by atoms with E-state index in [1.165, 1.54) is 0 Å². The monoisotopic (exact) mass is 235 g/mol. The number of pyridine rings is 1. The second-order valence-corrected chi connectivity index (χ2v) is 5.31. The van der Waals surface area contributed by atoms with E-state index in [9.17, 15) is 4.79 Å². The number of carbonyl (C=O) groups excluding carboxylic acids is 1. The molecule has 1 unspecified atom stereocenters. The van der Waals surface area contributed by atoms with Crippen LogP contribution in [-0.2, 0) is 11.3 Å². The summed E-state index contributed by atoms with van der Waals surface area (Å²) in [5.74, 6) is -0.0173. The Morgan fingerprint density at radius 1 is 1.53 bits per heavy atom. The average molecular weight is 235 g/mol. The molecule has 1 aromatic heterocycles. The van der Waals surface area contributed by atoms with E-state index in [1.807, 2.05) is 32.9 Å². The molecule has 0 spiro atoms. The number of amides is 1. The molecule has 4 nitrogen and oxygen atoms in total. The molecular weight excluding hydrogens is 214 g/mol. The molecule has 1 heterocycles. The van der Waals surface area contributed by atoms with Crippen LogP contribution in [0.3, 0.4) is 0 Å². The first-order valence-corrected chi connectivity index (χ1v) is 5.81. The van der Waals surface area contributed by atoms with Crippen LogP contribution < -0.4 is 11.1 Å². The predicted molar refractivity (Wildman–Crippen MR) is 68.1 cm³/mol. The van der Waals surface area contributed by atoms with Crippen molar-refractivity contribution in [2.75, 3.05) is 0 Å². The minimum atomic E-state index is -0.128. The Bertz CT molecular complexity index is 357. The van der Waals surface area contributed by atoms with Crippen LogP contribution in [0.1, 0.15) is 32.8 Å². The highest BCUT2D eigenvalue weighted by Gasteiger charge is 2.22. The molecule has 1 amide bonds. The van der Waals surface area contributed by atoms with Crippen LogP contribution in [0.5, 0.6) is 0 Å². The highest BCUT2D eigenvalue weighted by atomic mass is 16.1. The zero-order chi connectivity index (χ0) is 12.9. The highest BCUT2D eigenvalue weighted by Crippen LogP contribution is 2.19. The molecule has 0 saturated carbocycles. The van der Waals surface area contributed by atoms with Gasteiger partial charge in [-0.05, 0) is 17.0 Å². The fraction of sp³-hybridized carbons (Fsp3) is 0.538. The summed E-state index contributed by atoms with van der Waals surface area (Å²) < 4.78 is 0. The lowest BCUT2D eigenvalue weighted by Crippen LogP contribution is -2.40. The Hall–Kier alpha value is -1.42. The van der Waals surface area contributed by atoms with E-state index >= 15 is 0 Å². The Morgan fingerprint density at radius 2 is 2.24 bits per heavy atom. The summed E-state index contributed by atoms with van der Waals surface area (Å²) in [6, 6.07) is 3.65. The molecular formula is C13H21N3O. The molecule has 0 aliphatic carbocycles. The summed E-state index contributed by atoms with van der Waals surface area (Å²) in [6.45, 7) is 6.60. The SMILES string of the molecule is CC(C)(C)C(N)CC(=O)NCc1cccnc1. The van der Waals surface area contributed by atoms with Gasteiger partial charge in [-0.3, -0.25) is 9.78 Å². The lowest BCUT2D eigenvalue weighted by Gasteiger charge is -2.26. The van der Waals surface area contributed by atoms with E-state index in [0.717, 1.165) is 5.56 Å². The van der Waals surface area contributed by atoms with Crippen LogP contribution in [0.15, 0.2) is 24.5 Å². The third kappa shape index (κ3) is 4.95. The van der Waals surface area contributed by atoms with Crippen LogP contribution in [0.2, 0.25) is 0 Å². The first-order chi connectivity index (χ1) is 7.89. The molecule has 1 rings (SSSR count). The maximum atomic E-state index is 11.7. The molecule has 3 N–H and O–H groups in total. The number of hydrogen-bond donors (Lipinski definition) is 2. The first kappa shape index (κ1) is 13.6. The summed E-state index contributed by atoms with van der Waals surface area (Å²) in [5.41, 5.74) is 6.89. The molecule has 0 fully saturated rings. The van der Waals surface area contributed by atoms with Gasteiger partial charge in [-0.2, -0.15) is 0 Å². The Balaban J connectivity index is 2.36. The number of nitrogens with one attached hydrogen (secondary N) is 1. The van der Waals surface area contributed by atoms with E-state index in [2.05, 4.69) is 10.3 Å². The molecule has 0 saturated heterocycles. The fourth-order valence-corrected chi connectivity index (χ4v) is 1.28. The number of nitrogens with zero attached hydrogens (tertiary/aromatic N) is 1. The van der Waals surface area contributed by atoms with Crippen molar-refractivity contribution < 1.29 is 4.79 Å². The third-order valence-electron chi connectivity index (χ3n) is 2.73. The van der Waals surface area contributed by atoms with Crippen molar-refractivity contribution in [2.45, 2.75) is 39.8 Å². The molecule has 1 atom stereocenters.